The summed E-state index contributed by atoms with van der Waals surface area (Å²) in [7, 11) is 1.77. The maximum absolute atomic E-state index is 5.75. The van der Waals surface area contributed by atoms with E-state index in [2.05, 4.69) is 11.4 Å². The van der Waals surface area contributed by atoms with Gasteiger partial charge in [-0.2, -0.15) is 0 Å². The standard InChI is InChI=1S/C14H22N2O/c1-17-8-7-14(5-6-14)11-16-10-12-3-2-4-13(15)9-12/h2-4,9,16H,5-8,10-11,15H2,1H3. The molecule has 0 amide bonds. The third-order valence-electron chi connectivity index (χ3n) is 3.57. The number of ether oxygens (including phenoxy) is 1. The van der Waals surface area contributed by atoms with Crippen molar-refractivity contribution in [1.29, 1.82) is 0 Å². The van der Waals surface area contributed by atoms with Crippen molar-refractivity contribution < 1.29 is 4.74 Å². The molecule has 0 radical (unpaired) electrons. The lowest BCUT2D eigenvalue weighted by molar-refractivity contribution is 0.171. The second-order valence-corrected chi connectivity index (χ2v) is 5.09. The lowest BCUT2D eigenvalue weighted by Gasteiger charge is -2.15. The van der Waals surface area contributed by atoms with Crippen LogP contribution in [-0.2, 0) is 11.3 Å². The number of hydrogen-bond donors (Lipinski definition) is 2. The second kappa shape index (κ2) is 5.52. The van der Waals surface area contributed by atoms with Crippen molar-refractivity contribution in [3.63, 3.8) is 0 Å². The summed E-state index contributed by atoms with van der Waals surface area (Å²) in [5, 5.41) is 3.53. The lowest BCUT2D eigenvalue weighted by Crippen LogP contribution is -2.24. The molecule has 0 unspecified atom stereocenters. The lowest BCUT2D eigenvalue weighted by atomic mass is 10.0. The highest BCUT2D eigenvalue weighted by Crippen LogP contribution is 2.48. The molecular weight excluding hydrogens is 212 g/mol. The highest BCUT2D eigenvalue weighted by Gasteiger charge is 2.41. The molecule has 0 atom stereocenters. The zero-order valence-corrected chi connectivity index (χ0v) is 10.5. The maximum Gasteiger partial charge on any atom is 0.0468 e. The van der Waals surface area contributed by atoms with Gasteiger partial charge in [-0.25, -0.2) is 0 Å². The van der Waals surface area contributed by atoms with Gasteiger partial charge in [-0.15, -0.1) is 0 Å². The summed E-state index contributed by atoms with van der Waals surface area (Å²) in [6.07, 6.45) is 3.84. The molecule has 0 spiro atoms. The Morgan fingerprint density at radius 1 is 1.41 bits per heavy atom. The van der Waals surface area contributed by atoms with Gasteiger partial charge in [-0.05, 0) is 42.4 Å². The summed E-state index contributed by atoms with van der Waals surface area (Å²) in [5.74, 6) is 0. The molecule has 1 fully saturated rings. The quantitative estimate of drug-likeness (QED) is 0.711. The molecule has 17 heavy (non-hydrogen) atoms. The van der Waals surface area contributed by atoms with Gasteiger partial charge in [0.25, 0.3) is 0 Å². The third kappa shape index (κ3) is 3.72. The topological polar surface area (TPSA) is 47.3 Å². The molecular formula is C14H22N2O. The minimum atomic E-state index is 0.510. The van der Waals surface area contributed by atoms with Crippen LogP contribution in [0.25, 0.3) is 0 Å². The minimum absolute atomic E-state index is 0.510. The average Bonchev–Trinajstić information content (AvgIpc) is 3.07. The van der Waals surface area contributed by atoms with Crippen molar-refractivity contribution in [3.8, 4) is 0 Å². The molecule has 0 heterocycles. The molecule has 3 heteroatoms. The van der Waals surface area contributed by atoms with E-state index in [0.29, 0.717) is 5.41 Å². The van der Waals surface area contributed by atoms with E-state index in [1.807, 2.05) is 18.2 Å². The van der Waals surface area contributed by atoms with Gasteiger partial charge >= 0.3 is 0 Å². The molecule has 3 N–H and O–H groups in total. The van der Waals surface area contributed by atoms with Crippen LogP contribution in [0.3, 0.4) is 0 Å². The van der Waals surface area contributed by atoms with E-state index in [4.69, 9.17) is 10.5 Å². The summed E-state index contributed by atoms with van der Waals surface area (Å²) in [6, 6.07) is 8.06. The van der Waals surface area contributed by atoms with Crippen molar-refractivity contribution in [2.45, 2.75) is 25.8 Å². The first-order valence-corrected chi connectivity index (χ1v) is 6.28. The van der Waals surface area contributed by atoms with Crippen molar-refractivity contribution in [1.82, 2.24) is 5.32 Å². The fourth-order valence-electron chi connectivity index (χ4n) is 2.19. The number of anilines is 1. The fraction of sp³-hybridized carbons (Fsp3) is 0.571. The van der Waals surface area contributed by atoms with E-state index in [9.17, 15) is 0 Å². The van der Waals surface area contributed by atoms with Crippen molar-refractivity contribution in [2.75, 3.05) is 26.0 Å². The number of benzene rings is 1. The molecule has 94 valence electrons. The number of nitrogen functional groups attached to an aromatic ring is 1. The Hall–Kier alpha value is -1.06. The highest BCUT2D eigenvalue weighted by molar-refractivity contribution is 5.40. The van der Waals surface area contributed by atoms with Crippen LogP contribution in [0.15, 0.2) is 24.3 Å². The Kier molecular flexibility index (Phi) is 4.02. The van der Waals surface area contributed by atoms with Crippen LogP contribution in [0.1, 0.15) is 24.8 Å². The molecule has 3 nitrogen and oxygen atoms in total. The average molecular weight is 234 g/mol. The molecule has 0 aliphatic heterocycles. The molecule has 2 rings (SSSR count). The summed E-state index contributed by atoms with van der Waals surface area (Å²) >= 11 is 0. The molecule has 1 aromatic rings. The zero-order chi connectivity index (χ0) is 12.1. The van der Waals surface area contributed by atoms with E-state index in [-0.39, 0.29) is 0 Å². The van der Waals surface area contributed by atoms with E-state index in [1.165, 1.54) is 24.8 Å². The molecule has 0 aromatic heterocycles. The third-order valence-corrected chi connectivity index (χ3v) is 3.57. The molecule has 1 saturated carbocycles. The Bertz CT molecular complexity index is 361. The summed E-state index contributed by atoms with van der Waals surface area (Å²) < 4.78 is 5.15. The van der Waals surface area contributed by atoms with Crippen LogP contribution in [0.5, 0.6) is 0 Å². The Labute approximate surface area is 103 Å². The molecule has 1 aliphatic rings. The largest absolute Gasteiger partial charge is 0.399 e. The van der Waals surface area contributed by atoms with Gasteiger partial charge in [-0.1, -0.05) is 12.1 Å². The first kappa shape index (κ1) is 12.4. The molecule has 1 aromatic carbocycles. The Balaban J connectivity index is 1.72. The predicted octanol–water partition coefficient (Wildman–Crippen LogP) is 2.18. The van der Waals surface area contributed by atoms with Crippen LogP contribution in [0, 0.1) is 5.41 Å². The minimum Gasteiger partial charge on any atom is -0.399 e. The van der Waals surface area contributed by atoms with Gasteiger partial charge in [-0.3, -0.25) is 0 Å². The number of hydrogen-bond acceptors (Lipinski definition) is 3. The first-order chi connectivity index (χ1) is 8.24. The number of methoxy groups -OCH3 is 1. The normalized spacial score (nSPS) is 17.0. The first-order valence-electron chi connectivity index (χ1n) is 6.28. The Morgan fingerprint density at radius 3 is 2.88 bits per heavy atom. The van der Waals surface area contributed by atoms with Crippen molar-refractivity contribution >= 4 is 5.69 Å². The zero-order valence-electron chi connectivity index (χ0n) is 10.5. The summed E-state index contributed by atoms with van der Waals surface area (Å²) in [6.45, 7) is 2.87. The molecule has 0 bridgehead atoms. The van der Waals surface area contributed by atoms with E-state index >= 15 is 0 Å². The summed E-state index contributed by atoms with van der Waals surface area (Å²) in [4.78, 5) is 0. The van der Waals surface area contributed by atoms with Crippen LogP contribution < -0.4 is 11.1 Å². The van der Waals surface area contributed by atoms with Gasteiger partial charge in [0.1, 0.15) is 0 Å². The van der Waals surface area contributed by atoms with Gasteiger partial charge in [0.15, 0.2) is 0 Å². The van der Waals surface area contributed by atoms with Crippen molar-refractivity contribution in [2.24, 2.45) is 5.41 Å². The number of nitrogens with two attached hydrogens (primary N) is 1. The molecule has 0 saturated heterocycles. The van der Waals surface area contributed by atoms with E-state index in [1.54, 1.807) is 7.11 Å². The number of nitrogens with one attached hydrogen (secondary N) is 1. The maximum atomic E-state index is 5.75. The van der Waals surface area contributed by atoms with Gasteiger partial charge in [0, 0.05) is 32.5 Å². The summed E-state index contributed by atoms with van der Waals surface area (Å²) in [5.41, 5.74) is 8.35. The van der Waals surface area contributed by atoms with Gasteiger partial charge in [0.2, 0.25) is 0 Å². The van der Waals surface area contributed by atoms with Crippen LogP contribution in [-0.4, -0.2) is 20.3 Å². The van der Waals surface area contributed by atoms with Crippen LogP contribution in [0.4, 0.5) is 5.69 Å². The van der Waals surface area contributed by atoms with Crippen LogP contribution in [0.2, 0.25) is 0 Å². The SMILES string of the molecule is COCCC1(CNCc2cccc(N)c2)CC1. The van der Waals surface area contributed by atoms with Crippen molar-refractivity contribution in [3.05, 3.63) is 29.8 Å². The smallest absolute Gasteiger partial charge is 0.0468 e. The Morgan fingerprint density at radius 2 is 2.24 bits per heavy atom. The van der Waals surface area contributed by atoms with Gasteiger partial charge in [0.05, 0.1) is 0 Å². The van der Waals surface area contributed by atoms with Gasteiger partial charge < -0.3 is 15.8 Å². The predicted molar refractivity (Wildman–Crippen MR) is 70.7 cm³/mol. The fourth-order valence-corrected chi connectivity index (χ4v) is 2.19. The van der Waals surface area contributed by atoms with E-state index in [0.717, 1.165) is 25.4 Å². The second-order valence-electron chi connectivity index (χ2n) is 5.09. The van der Waals surface area contributed by atoms with Crippen LogP contribution >= 0.6 is 0 Å². The monoisotopic (exact) mass is 234 g/mol. The highest BCUT2D eigenvalue weighted by atomic mass is 16.5. The molecule has 1 aliphatic carbocycles. The van der Waals surface area contributed by atoms with E-state index < -0.39 is 0 Å². The number of rotatable bonds is 7.